The molecule has 2 unspecified atom stereocenters. The van der Waals surface area contributed by atoms with E-state index in [1.165, 1.54) is 59.6 Å². The van der Waals surface area contributed by atoms with E-state index in [1.54, 1.807) is 6.92 Å². The van der Waals surface area contributed by atoms with Gasteiger partial charge in [-0.3, -0.25) is 24.5 Å². The zero-order valence-electron chi connectivity index (χ0n) is 18.2. The number of fused-ring (bicyclic) bond motifs is 1. The van der Waals surface area contributed by atoms with Crippen LogP contribution in [0.4, 0.5) is 5.69 Å². The Morgan fingerprint density at radius 2 is 1.80 bits per heavy atom. The van der Waals surface area contributed by atoms with Gasteiger partial charge in [0.05, 0.1) is 16.1 Å². The summed E-state index contributed by atoms with van der Waals surface area (Å²) < 4.78 is 5.37. The van der Waals surface area contributed by atoms with Gasteiger partial charge in [-0.2, -0.15) is 0 Å². The van der Waals surface area contributed by atoms with E-state index in [0.717, 1.165) is 11.8 Å². The fourth-order valence-corrected chi connectivity index (χ4v) is 5.08. The summed E-state index contributed by atoms with van der Waals surface area (Å²) in [5, 5.41) is 21.3. The van der Waals surface area contributed by atoms with E-state index in [-0.39, 0.29) is 29.3 Å². The van der Waals surface area contributed by atoms with E-state index in [0.29, 0.717) is 11.1 Å². The summed E-state index contributed by atoms with van der Waals surface area (Å²) in [6, 6.07) is 10.4. The number of carbonyl (C=O) groups excluding carboxylic acids is 3. The maximum absolute atomic E-state index is 12.7. The lowest BCUT2D eigenvalue weighted by atomic mass is 10.0. The number of non-ortho nitro benzene ring substituents is 1. The molecule has 0 spiro atoms. The molecule has 2 heterocycles. The van der Waals surface area contributed by atoms with Crippen molar-refractivity contribution >= 4 is 41.2 Å². The molecule has 11 nitrogen and oxygen atoms in total. The highest BCUT2D eigenvalue weighted by Crippen LogP contribution is 2.41. The molecule has 4 rings (SSSR count). The largest absolute Gasteiger partial charge is 0.478 e. The van der Waals surface area contributed by atoms with Crippen molar-refractivity contribution in [3.05, 3.63) is 87.1 Å². The predicted molar refractivity (Wildman–Crippen MR) is 123 cm³/mol. The Balaban J connectivity index is 1.41. The topological polar surface area (TPSA) is 156 Å². The number of amides is 2. The predicted octanol–water partition coefficient (Wildman–Crippen LogP) is 2.32. The maximum Gasteiger partial charge on any atom is 0.336 e. The SMILES string of the molecule is CC1=CN2C(=O)C(NC(=O)c3ccccc3C(=O)O)[C@H]2SC1C(=O)OCc1ccc([N+](=O)[O-])cc1. The van der Waals surface area contributed by atoms with Crippen LogP contribution in [0.25, 0.3) is 0 Å². The zero-order valence-corrected chi connectivity index (χ0v) is 19.1. The Morgan fingerprint density at radius 1 is 1.14 bits per heavy atom. The second-order valence-corrected chi connectivity index (χ2v) is 9.09. The molecule has 0 bridgehead atoms. The van der Waals surface area contributed by atoms with Gasteiger partial charge in [-0.1, -0.05) is 12.1 Å². The van der Waals surface area contributed by atoms with Gasteiger partial charge in [0, 0.05) is 18.3 Å². The third-order valence-corrected chi connectivity index (χ3v) is 7.16. The van der Waals surface area contributed by atoms with Crippen LogP contribution in [0.2, 0.25) is 0 Å². The van der Waals surface area contributed by atoms with Gasteiger partial charge in [0.1, 0.15) is 23.3 Å². The number of hydrogen-bond donors (Lipinski definition) is 2. The molecule has 0 radical (unpaired) electrons. The quantitative estimate of drug-likeness (QED) is 0.254. The molecule has 35 heavy (non-hydrogen) atoms. The van der Waals surface area contributed by atoms with Gasteiger partial charge < -0.3 is 20.1 Å². The number of carbonyl (C=O) groups is 4. The Hall–Kier alpha value is -4.19. The monoisotopic (exact) mass is 497 g/mol. The molecule has 2 N–H and O–H groups in total. The average Bonchev–Trinajstić information content (AvgIpc) is 2.85. The molecule has 0 aromatic heterocycles. The van der Waals surface area contributed by atoms with Crippen molar-refractivity contribution in [2.45, 2.75) is 30.2 Å². The number of aromatic carboxylic acids is 1. The highest BCUT2D eigenvalue weighted by atomic mass is 32.2. The van der Waals surface area contributed by atoms with Crippen molar-refractivity contribution in [3.63, 3.8) is 0 Å². The highest BCUT2D eigenvalue weighted by molar-refractivity contribution is 8.01. The van der Waals surface area contributed by atoms with Crippen molar-refractivity contribution in [2.24, 2.45) is 0 Å². The normalized spacial score (nSPS) is 20.7. The van der Waals surface area contributed by atoms with E-state index in [1.807, 2.05) is 0 Å². The number of thioether (sulfide) groups is 1. The first kappa shape index (κ1) is 24.0. The van der Waals surface area contributed by atoms with Crippen molar-refractivity contribution in [2.75, 3.05) is 0 Å². The van der Waals surface area contributed by atoms with Crippen LogP contribution in [0.1, 0.15) is 33.2 Å². The molecule has 0 aliphatic carbocycles. The molecule has 180 valence electrons. The fourth-order valence-electron chi connectivity index (χ4n) is 3.71. The van der Waals surface area contributed by atoms with Gasteiger partial charge >= 0.3 is 11.9 Å². The first-order valence-corrected chi connectivity index (χ1v) is 11.3. The van der Waals surface area contributed by atoms with Gasteiger partial charge in [0.2, 0.25) is 0 Å². The minimum Gasteiger partial charge on any atom is -0.478 e. The number of esters is 1. The van der Waals surface area contributed by atoms with Gasteiger partial charge in [-0.05, 0) is 42.3 Å². The molecule has 0 saturated carbocycles. The number of nitrogens with one attached hydrogen (secondary N) is 1. The van der Waals surface area contributed by atoms with Crippen LogP contribution in [-0.2, 0) is 20.9 Å². The van der Waals surface area contributed by atoms with Gasteiger partial charge in [0.15, 0.2) is 0 Å². The van der Waals surface area contributed by atoms with Crippen molar-refractivity contribution in [1.29, 1.82) is 0 Å². The molecule has 2 aliphatic rings. The van der Waals surface area contributed by atoms with E-state index >= 15 is 0 Å². The molecule has 2 aliphatic heterocycles. The molecular formula is C23H19N3O8S. The molecule has 2 aromatic carbocycles. The van der Waals surface area contributed by atoms with Crippen LogP contribution >= 0.6 is 11.8 Å². The third kappa shape index (κ3) is 4.73. The maximum atomic E-state index is 12.7. The minimum atomic E-state index is -1.27. The minimum absolute atomic E-state index is 0.0714. The standard InChI is InChI=1S/C23H19N3O8S/c1-12-10-25-20(28)17(24-19(27)15-4-2-3-5-16(15)22(29)30)21(25)35-18(12)23(31)34-11-13-6-8-14(9-7-13)26(32)33/h2-10,17-18,21H,11H2,1H3,(H,24,27)(H,29,30)/t17?,18?,21-/m1/s1. The number of carboxylic acid groups (broad SMARTS) is 1. The Bertz CT molecular complexity index is 1260. The summed E-state index contributed by atoms with van der Waals surface area (Å²) in [7, 11) is 0. The lowest BCUT2D eigenvalue weighted by molar-refractivity contribution is -0.384. The van der Waals surface area contributed by atoms with Crippen molar-refractivity contribution in [1.82, 2.24) is 10.2 Å². The number of carboxylic acids is 1. The summed E-state index contributed by atoms with van der Waals surface area (Å²) in [6.07, 6.45) is 1.54. The number of hydrogen-bond acceptors (Lipinski definition) is 8. The summed E-state index contributed by atoms with van der Waals surface area (Å²) in [5.74, 6) is -2.90. The van der Waals surface area contributed by atoms with E-state index in [2.05, 4.69) is 5.32 Å². The Morgan fingerprint density at radius 3 is 2.43 bits per heavy atom. The number of nitrogens with zero attached hydrogens (tertiary/aromatic N) is 2. The lowest BCUT2D eigenvalue weighted by Gasteiger charge is -2.48. The lowest BCUT2D eigenvalue weighted by Crippen LogP contribution is -2.69. The molecule has 12 heteroatoms. The van der Waals surface area contributed by atoms with E-state index < -0.39 is 39.4 Å². The van der Waals surface area contributed by atoms with Gasteiger partial charge in [0.25, 0.3) is 17.5 Å². The number of β-lactam (4-membered cyclic amide) rings is 1. The number of rotatable bonds is 7. The number of nitro groups is 1. The molecule has 2 aromatic rings. The molecular weight excluding hydrogens is 478 g/mol. The first-order chi connectivity index (χ1) is 16.7. The second-order valence-electron chi connectivity index (χ2n) is 7.86. The third-order valence-electron chi connectivity index (χ3n) is 5.54. The summed E-state index contributed by atoms with van der Waals surface area (Å²) in [6.45, 7) is 1.60. The molecule has 1 fully saturated rings. The smallest absolute Gasteiger partial charge is 0.336 e. The molecule has 2 amide bonds. The summed E-state index contributed by atoms with van der Waals surface area (Å²) in [5.41, 5.74) is 0.838. The fraction of sp³-hybridized carbons (Fsp3) is 0.217. The van der Waals surface area contributed by atoms with Gasteiger partial charge in [-0.25, -0.2) is 4.79 Å². The van der Waals surface area contributed by atoms with E-state index in [9.17, 15) is 34.4 Å². The van der Waals surface area contributed by atoms with Crippen LogP contribution in [0.5, 0.6) is 0 Å². The second kappa shape index (κ2) is 9.58. The molecule has 3 atom stereocenters. The van der Waals surface area contributed by atoms with Crippen molar-refractivity contribution in [3.8, 4) is 0 Å². The van der Waals surface area contributed by atoms with Gasteiger partial charge in [-0.15, -0.1) is 11.8 Å². The van der Waals surface area contributed by atoms with Crippen LogP contribution in [0.15, 0.2) is 60.3 Å². The Labute approximate surface area is 202 Å². The average molecular weight is 497 g/mol. The number of benzene rings is 2. The van der Waals surface area contributed by atoms with E-state index in [4.69, 9.17) is 4.74 Å². The zero-order chi connectivity index (χ0) is 25.3. The number of nitro benzene ring substituents is 1. The van der Waals surface area contributed by atoms with Crippen LogP contribution < -0.4 is 5.32 Å². The van der Waals surface area contributed by atoms with Crippen LogP contribution in [0, 0.1) is 10.1 Å². The first-order valence-electron chi connectivity index (χ1n) is 10.4. The van der Waals surface area contributed by atoms with Crippen LogP contribution in [-0.4, -0.2) is 55.3 Å². The number of ether oxygens (including phenoxy) is 1. The highest BCUT2D eigenvalue weighted by Gasteiger charge is 2.52. The van der Waals surface area contributed by atoms with Crippen LogP contribution in [0.3, 0.4) is 0 Å². The Kier molecular flexibility index (Phi) is 6.56. The van der Waals surface area contributed by atoms with Crippen molar-refractivity contribution < 1.29 is 33.9 Å². The molecule has 1 saturated heterocycles. The summed E-state index contributed by atoms with van der Waals surface area (Å²) in [4.78, 5) is 61.0. The summed E-state index contributed by atoms with van der Waals surface area (Å²) >= 11 is 1.14.